The number of benzene rings is 2. The zero-order valence-electron chi connectivity index (χ0n) is 16.0. The number of esters is 1. The minimum Gasteiger partial charge on any atom is -0.402 e. The van der Waals surface area contributed by atoms with Gasteiger partial charge in [0.2, 0.25) is 15.9 Å². The second-order valence-corrected chi connectivity index (χ2v) is 8.45. The topological polar surface area (TPSA) is 84.8 Å². The van der Waals surface area contributed by atoms with E-state index in [1.807, 2.05) is 24.3 Å². The van der Waals surface area contributed by atoms with Crippen molar-refractivity contribution >= 4 is 28.0 Å². The van der Waals surface area contributed by atoms with Crippen LogP contribution in [0.25, 0.3) is 6.08 Å². The van der Waals surface area contributed by atoms with Crippen LogP contribution in [0, 0.1) is 0 Å². The van der Waals surface area contributed by atoms with Crippen LogP contribution in [0.15, 0.2) is 64.1 Å². The highest BCUT2D eigenvalue weighted by Gasteiger charge is 2.24. The van der Waals surface area contributed by atoms with E-state index in [2.05, 4.69) is 16.6 Å². The molecule has 0 spiro atoms. The third-order valence-corrected chi connectivity index (χ3v) is 5.79. The summed E-state index contributed by atoms with van der Waals surface area (Å²) < 4.78 is 32.2. The lowest BCUT2D eigenvalue weighted by Gasteiger charge is -2.09. The lowest BCUT2D eigenvalue weighted by Crippen LogP contribution is -2.30. The van der Waals surface area contributed by atoms with E-state index in [9.17, 15) is 13.2 Å². The van der Waals surface area contributed by atoms with Crippen LogP contribution >= 0.6 is 0 Å². The van der Waals surface area contributed by atoms with Crippen LogP contribution in [-0.2, 0) is 26.0 Å². The highest BCUT2D eigenvalue weighted by molar-refractivity contribution is 7.89. The average molecular weight is 398 g/mol. The molecule has 1 N–H and O–H groups in total. The molecule has 0 aliphatic carbocycles. The van der Waals surface area contributed by atoms with Crippen molar-refractivity contribution in [2.45, 2.75) is 38.1 Å². The Kier molecular flexibility index (Phi) is 5.76. The molecule has 1 aliphatic rings. The molecular formula is C21H22N2O4S. The number of ether oxygens (including phenoxy) is 1. The Balaban J connectivity index is 1.83. The van der Waals surface area contributed by atoms with E-state index in [-0.39, 0.29) is 22.5 Å². The van der Waals surface area contributed by atoms with Gasteiger partial charge in [-0.1, -0.05) is 31.2 Å². The van der Waals surface area contributed by atoms with Gasteiger partial charge in [0, 0.05) is 11.6 Å². The summed E-state index contributed by atoms with van der Waals surface area (Å²) in [5.41, 5.74) is 2.80. The Labute approximate surface area is 165 Å². The molecule has 146 valence electrons. The Morgan fingerprint density at radius 3 is 2.29 bits per heavy atom. The van der Waals surface area contributed by atoms with E-state index in [1.165, 1.54) is 17.7 Å². The number of nitrogens with zero attached hydrogens (tertiary/aromatic N) is 1. The molecule has 0 radical (unpaired) electrons. The molecule has 7 heteroatoms. The molecule has 0 unspecified atom stereocenters. The molecule has 0 saturated carbocycles. The van der Waals surface area contributed by atoms with Crippen LogP contribution in [0.1, 0.15) is 37.5 Å². The fourth-order valence-electron chi connectivity index (χ4n) is 2.70. The number of sulfonamides is 1. The second kappa shape index (κ2) is 8.08. The molecule has 6 nitrogen and oxygen atoms in total. The van der Waals surface area contributed by atoms with Gasteiger partial charge in [0.1, 0.15) is 0 Å². The maximum Gasteiger partial charge on any atom is 0.363 e. The number of carbonyl (C=O) groups is 1. The van der Waals surface area contributed by atoms with Gasteiger partial charge in [-0.25, -0.2) is 22.9 Å². The molecule has 0 atom stereocenters. The molecule has 3 rings (SSSR count). The SMILES string of the molecule is CCc1ccc(/C=C2\N=C(c3ccc(S(=O)(=O)NC(C)C)cc3)OC2=O)cc1. The summed E-state index contributed by atoms with van der Waals surface area (Å²) >= 11 is 0. The van der Waals surface area contributed by atoms with Crippen LogP contribution in [0.4, 0.5) is 0 Å². The molecule has 0 bridgehead atoms. The fourth-order valence-corrected chi connectivity index (χ4v) is 3.95. The van der Waals surface area contributed by atoms with Crippen molar-refractivity contribution in [3.8, 4) is 0 Å². The van der Waals surface area contributed by atoms with Crippen molar-refractivity contribution < 1.29 is 17.9 Å². The zero-order chi connectivity index (χ0) is 20.3. The molecule has 0 amide bonds. The predicted molar refractivity (Wildman–Crippen MR) is 108 cm³/mol. The Bertz CT molecular complexity index is 1030. The third kappa shape index (κ3) is 4.55. The van der Waals surface area contributed by atoms with Gasteiger partial charge in [-0.2, -0.15) is 0 Å². The number of nitrogens with one attached hydrogen (secondary N) is 1. The predicted octanol–water partition coefficient (Wildman–Crippen LogP) is 3.28. The molecule has 1 aliphatic heterocycles. The quantitative estimate of drug-likeness (QED) is 0.598. The van der Waals surface area contributed by atoms with Gasteiger partial charge < -0.3 is 4.74 Å². The minimum absolute atomic E-state index is 0.140. The number of aliphatic imine (C=N–C) groups is 1. The highest BCUT2D eigenvalue weighted by Crippen LogP contribution is 2.20. The second-order valence-electron chi connectivity index (χ2n) is 6.73. The highest BCUT2D eigenvalue weighted by atomic mass is 32.2. The summed E-state index contributed by atoms with van der Waals surface area (Å²) in [5.74, 6) is -0.380. The van der Waals surface area contributed by atoms with E-state index in [4.69, 9.17) is 4.74 Å². The fraction of sp³-hybridized carbons (Fsp3) is 0.238. The van der Waals surface area contributed by atoms with Crippen molar-refractivity contribution in [1.29, 1.82) is 0 Å². The summed E-state index contributed by atoms with van der Waals surface area (Å²) in [5, 5.41) is 0. The van der Waals surface area contributed by atoms with Gasteiger partial charge in [-0.05, 0) is 61.7 Å². The third-order valence-electron chi connectivity index (χ3n) is 4.11. The molecular weight excluding hydrogens is 376 g/mol. The van der Waals surface area contributed by atoms with Gasteiger partial charge in [0.05, 0.1) is 4.90 Å². The minimum atomic E-state index is -3.58. The summed E-state index contributed by atoms with van der Waals surface area (Å²) in [6, 6.07) is 13.7. The maximum atomic E-state index is 12.2. The molecule has 0 fully saturated rings. The monoisotopic (exact) mass is 398 g/mol. The molecule has 0 aromatic heterocycles. The lowest BCUT2D eigenvalue weighted by molar-refractivity contribution is -0.129. The van der Waals surface area contributed by atoms with Crippen molar-refractivity contribution in [3.05, 3.63) is 70.9 Å². The number of carbonyl (C=O) groups excluding carboxylic acids is 1. The summed E-state index contributed by atoms with van der Waals surface area (Å²) in [4.78, 5) is 16.5. The van der Waals surface area contributed by atoms with Crippen LogP contribution in [0.2, 0.25) is 0 Å². The Morgan fingerprint density at radius 1 is 1.07 bits per heavy atom. The number of hydrogen-bond acceptors (Lipinski definition) is 5. The van der Waals surface area contributed by atoms with Crippen LogP contribution in [-0.4, -0.2) is 26.3 Å². The van der Waals surface area contributed by atoms with Gasteiger partial charge >= 0.3 is 5.97 Å². The van der Waals surface area contributed by atoms with Crippen molar-refractivity contribution in [3.63, 3.8) is 0 Å². The van der Waals surface area contributed by atoms with E-state index in [0.717, 1.165) is 12.0 Å². The van der Waals surface area contributed by atoms with Crippen LogP contribution < -0.4 is 4.72 Å². The molecule has 0 saturated heterocycles. The Hall–Kier alpha value is -2.77. The van der Waals surface area contributed by atoms with Crippen LogP contribution in [0.3, 0.4) is 0 Å². The first-order valence-corrected chi connectivity index (χ1v) is 10.5. The van der Waals surface area contributed by atoms with Crippen molar-refractivity contribution in [1.82, 2.24) is 4.72 Å². The lowest BCUT2D eigenvalue weighted by atomic mass is 10.1. The number of aryl methyl sites for hydroxylation is 1. The van der Waals surface area contributed by atoms with E-state index in [1.54, 1.807) is 32.1 Å². The molecule has 2 aromatic carbocycles. The smallest absolute Gasteiger partial charge is 0.363 e. The maximum absolute atomic E-state index is 12.2. The Morgan fingerprint density at radius 2 is 1.71 bits per heavy atom. The molecule has 1 heterocycles. The normalized spacial score (nSPS) is 15.8. The van der Waals surface area contributed by atoms with Crippen LogP contribution in [0.5, 0.6) is 0 Å². The van der Waals surface area contributed by atoms with Gasteiger partial charge in [0.15, 0.2) is 5.70 Å². The first kappa shape index (κ1) is 20.0. The number of hydrogen-bond donors (Lipinski definition) is 1. The van der Waals surface area contributed by atoms with E-state index >= 15 is 0 Å². The number of rotatable bonds is 6. The van der Waals surface area contributed by atoms with E-state index in [0.29, 0.717) is 5.56 Å². The first-order valence-electron chi connectivity index (χ1n) is 9.03. The summed E-state index contributed by atoms with van der Waals surface area (Å²) in [6.07, 6.45) is 2.61. The average Bonchev–Trinajstić information content (AvgIpc) is 3.02. The zero-order valence-corrected chi connectivity index (χ0v) is 16.8. The summed E-state index contributed by atoms with van der Waals surface area (Å²) in [6.45, 7) is 5.58. The van der Waals surface area contributed by atoms with Crippen molar-refractivity contribution in [2.24, 2.45) is 4.99 Å². The van der Waals surface area contributed by atoms with E-state index < -0.39 is 16.0 Å². The van der Waals surface area contributed by atoms with Gasteiger partial charge in [0.25, 0.3) is 0 Å². The summed E-state index contributed by atoms with van der Waals surface area (Å²) in [7, 11) is -3.58. The molecule has 28 heavy (non-hydrogen) atoms. The largest absolute Gasteiger partial charge is 0.402 e. The van der Waals surface area contributed by atoms with Gasteiger partial charge in [-0.3, -0.25) is 0 Å². The van der Waals surface area contributed by atoms with Crippen molar-refractivity contribution in [2.75, 3.05) is 0 Å². The standard InChI is InChI=1S/C21H22N2O4S/c1-4-15-5-7-16(8-6-15)13-19-21(24)27-20(22-19)17-9-11-18(12-10-17)28(25,26)23-14(2)3/h5-14,23H,4H2,1-3H3/b19-13-. The first-order chi connectivity index (χ1) is 13.3. The molecule has 2 aromatic rings. The van der Waals surface area contributed by atoms with Gasteiger partial charge in [-0.15, -0.1) is 0 Å². The number of cyclic esters (lactones) is 1.